The Kier molecular flexibility index (Phi) is 6.56. The molecule has 2 N–H and O–H groups in total. The molecule has 1 saturated heterocycles. The molecule has 3 aromatic heterocycles. The monoisotopic (exact) mass is 427 g/mol. The molecule has 5 nitrogen and oxygen atoms in total. The van der Waals surface area contributed by atoms with Crippen molar-refractivity contribution in [3.63, 3.8) is 0 Å². The standard InChI is InChI=1S/C25H27N5.C2H6/c1-16-12-21(15-27-18(16)3)25-17(2)22-6-4-19(13-23(22)29-25)20-5-7-24(28-14-20)30-10-8-26-9-11-30;1-2/h4-7,12-15,26,29H,8-11H2,1-3H3;1-2H3. The van der Waals surface area contributed by atoms with E-state index in [-0.39, 0.29) is 0 Å². The Labute approximate surface area is 190 Å². The zero-order valence-electron chi connectivity index (χ0n) is 19.8. The number of pyridine rings is 2. The number of benzene rings is 1. The first-order chi connectivity index (χ1) is 15.6. The minimum Gasteiger partial charge on any atom is -0.354 e. The summed E-state index contributed by atoms with van der Waals surface area (Å²) in [6.07, 6.45) is 3.95. The van der Waals surface area contributed by atoms with Gasteiger partial charge in [-0.1, -0.05) is 26.0 Å². The summed E-state index contributed by atoms with van der Waals surface area (Å²) in [6.45, 7) is 14.4. The lowest BCUT2D eigenvalue weighted by atomic mass is 10.0. The third kappa shape index (κ3) is 4.26. The van der Waals surface area contributed by atoms with Crippen LogP contribution in [-0.2, 0) is 0 Å². The molecule has 4 aromatic rings. The van der Waals surface area contributed by atoms with E-state index in [0.29, 0.717) is 0 Å². The lowest BCUT2D eigenvalue weighted by Crippen LogP contribution is -2.43. The van der Waals surface area contributed by atoms with E-state index in [9.17, 15) is 0 Å². The van der Waals surface area contributed by atoms with Gasteiger partial charge in [-0.15, -0.1) is 0 Å². The first kappa shape index (κ1) is 22.0. The van der Waals surface area contributed by atoms with Crippen molar-refractivity contribution in [2.75, 3.05) is 31.1 Å². The number of aromatic amines is 1. The van der Waals surface area contributed by atoms with Crippen LogP contribution in [0.3, 0.4) is 0 Å². The van der Waals surface area contributed by atoms with Crippen molar-refractivity contribution in [1.82, 2.24) is 20.3 Å². The average molecular weight is 428 g/mol. The van der Waals surface area contributed by atoms with Crippen LogP contribution in [0, 0.1) is 20.8 Å². The van der Waals surface area contributed by atoms with Crippen molar-refractivity contribution >= 4 is 16.7 Å². The Morgan fingerprint density at radius 2 is 1.53 bits per heavy atom. The highest BCUT2D eigenvalue weighted by Crippen LogP contribution is 2.33. The molecule has 1 aromatic carbocycles. The third-order valence-electron chi connectivity index (χ3n) is 6.21. The van der Waals surface area contributed by atoms with Gasteiger partial charge in [0, 0.05) is 66.3 Å². The third-order valence-corrected chi connectivity index (χ3v) is 6.21. The number of hydrogen-bond acceptors (Lipinski definition) is 4. The number of H-pyrrole nitrogens is 1. The van der Waals surface area contributed by atoms with Gasteiger partial charge in [0.15, 0.2) is 0 Å². The molecule has 0 atom stereocenters. The highest BCUT2D eigenvalue weighted by atomic mass is 15.2. The maximum absolute atomic E-state index is 4.73. The van der Waals surface area contributed by atoms with E-state index in [1.807, 2.05) is 33.2 Å². The van der Waals surface area contributed by atoms with Crippen molar-refractivity contribution in [3.8, 4) is 22.4 Å². The molecule has 4 heterocycles. The normalized spacial score (nSPS) is 13.7. The SMILES string of the molecule is CC.Cc1cc(-c2[nH]c3cc(-c4ccc(N5CCNCC5)nc4)ccc3c2C)cnc1C. The summed E-state index contributed by atoms with van der Waals surface area (Å²) >= 11 is 0. The topological polar surface area (TPSA) is 56.8 Å². The predicted molar refractivity (Wildman–Crippen MR) is 135 cm³/mol. The van der Waals surface area contributed by atoms with Gasteiger partial charge in [0.05, 0.1) is 5.69 Å². The lowest BCUT2D eigenvalue weighted by molar-refractivity contribution is 0.585. The van der Waals surface area contributed by atoms with E-state index in [1.165, 1.54) is 22.1 Å². The molecule has 0 spiro atoms. The summed E-state index contributed by atoms with van der Waals surface area (Å²) in [5.41, 5.74) is 9.28. The van der Waals surface area contributed by atoms with Crippen molar-refractivity contribution < 1.29 is 0 Å². The number of fused-ring (bicyclic) bond motifs is 1. The first-order valence-corrected chi connectivity index (χ1v) is 11.6. The highest BCUT2D eigenvalue weighted by Gasteiger charge is 2.13. The Balaban J connectivity index is 0.00000119. The second-order valence-electron chi connectivity index (χ2n) is 8.15. The molecule has 0 amide bonds. The largest absolute Gasteiger partial charge is 0.354 e. The molecule has 5 heteroatoms. The molecule has 0 bridgehead atoms. The minimum absolute atomic E-state index is 1.01. The number of nitrogens with zero attached hydrogens (tertiary/aromatic N) is 3. The van der Waals surface area contributed by atoms with Gasteiger partial charge in [-0.05, 0) is 61.7 Å². The van der Waals surface area contributed by atoms with Crippen LogP contribution in [0.5, 0.6) is 0 Å². The summed E-state index contributed by atoms with van der Waals surface area (Å²) in [5.74, 6) is 1.06. The van der Waals surface area contributed by atoms with Gasteiger partial charge in [-0.25, -0.2) is 4.98 Å². The maximum atomic E-state index is 4.73. The van der Waals surface area contributed by atoms with Gasteiger partial charge in [-0.3, -0.25) is 4.98 Å². The number of aryl methyl sites for hydroxylation is 3. The van der Waals surface area contributed by atoms with E-state index >= 15 is 0 Å². The number of hydrogen-bond donors (Lipinski definition) is 2. The smallest absolute Gasteiger partial charge is 0.128 e. The van der Waals surface area contributed by atoms with Crippen molar-refractivity contribution in [2.45, 2.75) is 34.6 Å². The fourth-order valence-electron chi connectivity index (χ4n) is 4.22. The lowest BCUT2D eigenvalue weighted by Gasteiger charge is -2.28. The molecule has 1 fully saturated rings. The van der Waals surface area contributed by atoms with Gasteiger partial charge in [-0.2, -0.15) is 0 Å². The quantitative estimate of drug-likeness (QED) is 0.443. The Morgan fingerprint density at radius 3 is 2.22 bits per heavy atom. The summed E-state index contributed by atoms with van der Waals surface area (Å²) in [6, 6.07) is 13.1. The van der Waals surface area contributed by atoms with Crippen LogP contribution < -0.4 is 10.2 Å². The van der Waals surface area contributed by atoms with Gasteiger partial charge in [0.1, 0.15) is 5.82 Å². The Hall–Kier alpha value is -3.18. The molecule has 0 aliphatic carbocycles. The van der Waals surface area contributed by atoms with Gasteiger partial charge >= 0.3 is 0 Å². The summed E-state index contributed by atoms with van der Waals surface area (Å²) in [5, 5.41) is 4.63. The van der Waals surface area contributed by atoms with E-state index in [1.54, 1.807) is 0 Å². The average Bonchev–Trinajstić information content (AvgIpc) is 3.18. The minimum atomic E-state index is 1.01. The van der Waals surface area contributed by atoms with Crippen molar-refractivity contribution in [3.05, 3.63) is 65.6 Å². The van der Waals surface area contributed by atoms with E-state index in [2.05, 4.69) is 70.4 Å². The molecule has 0 radical (unpaired) electrons. The van der Waals surface area contributed by atoms with Crippen LogP contribution in [0.2, 0.25) is 0 Å². The fraction of sp³-hybridized carbons (Fsp3) is 0.333. The van der Waals surface area contributed by atoms with E-state index in [4.69, 9.17) is 4.98 Å². The fourth-order valence-corrected chi connectivity index (χ4v) is 4.22. The van der Waals surface area contributed by atoms with Gasteiger partial charge < -0.3 is 15.2 Å². The molecule has 1 aliphatic heterocycles. The molecule has 166 valence electrons. The van der Waals surface area contributed by atoms with Gasteiger partial charge in [0.25, 0.3) is 0 Å². The molecule has 0 unspecified atom stereocenters. The highest BCUT2D eigenvalue weighted by molar-refractivity contribution is 5.93. The number of rotatable bonds is 3. The van der Waals surface area contributed by atoms with Crippen LogP contribution in [0.4, 0.5) is 5.82 Å². The maximum Gasteiger partial charge on any atom is 0.128 e. The molecule has 0 saturated carbocycles. The second kappa shape index (κ2) is 9.53. The zero-order valence-corrected chi connectivity index (χ0v) is 19.8. The predicted octanol–water partition coefficient (Wildman–Crippen LogP) is 5.65. The Bertz CT molecular complexity index is 1200. The number of nitrogens with one attached hydrogen (secondary N) is 2. The van der Waals surface area contributed by atoms with E-state index in [0.717, 1.165) is 60.0 Å². The first-order valence-electron chi connectivity index (χ1n) is 11.6. The van der Waals surface area contributed by atoms with Crippen LogP contribution in [0.25, 0.3) is 33.3 Å². The molecular weight excluding hydrogens is 394 g/mol. The van der Waals surface area contributed by atoms with Crippen molar-refractivity contribution in [1.29, 1.82) is 0 Å². The molecule has 32 heavy (non-hydrogen) atoms. The molecular formula is C27H33N5. The van der Waals surface area contributed by atoms with E-state index < -0.39 is 0 Å². The number of anilines is 1. The summed E-state index contributed by atoms with van der Waals surface area (Å²) in [4.78, 5) is 15.2. The molecule has 1 aliphatic rings. The van der Waals surface area contributed by atoms with Crippen LogP contribution in [0.1, 0.15) is 30.7 Å². The van der Waals surface area contributed by atoms with Crippen LogP contribution >= 0.6 is 0 Å². The summed E-state index contributed by atoms with van der Waals surface area (Å²) < 4.78 is 0. The number of aromatic nitrogens is 3. The van der Waals surface area contributed by atoms with Crippen LogP contribution in [-0.4, -0.2) is 41.1 Å². The summed E-state index contributed by atoms with van der Waals surface area (Å²) in [7, 11) is 0. The molecule has 5 rings (SSSR count). The van der Waals surface area contributed by atoms with Gasteiger partial charge in [0.2, 0.25) is 0 Å². The zero-order chi connectivity index (χ0) is 22.7. The van der Waals surface area contributed by atoms with Crippen LogP contribution in [0.15, 0.2) is 48.8 Å². The Morgan fingerprint density at radius 1 is 0.812 bits per heavy atom. The second-order valence-corrected chi connectivity index (χ2v) is 8.15. The van der Waals surface area contributed by atoms with Crippen molar-refractivity contribution in [2.24, 2.45) is 0 Å². The number of piperazine rings is 1.